The first-order valence-electron chi connectivity index (χ1n) is 15.8. The first-order valence-corrected chi connectivity index (χ1v) is 19.1. The normalized spacial score (nSPS) is 25.7. The molecule has 46 heavy (non-hydrogen) atoms. The van der Waals surface area contributed by atoms with E-state index in [0.717, 1.165) is 24.8 Å². The number of fused-ring (bicyclic) bond motifs is 2. The standard InChI is InChI=1S/C35H39ClFN3O5Si/c1-23-33(46(2,3)37)31(19-32(43)38-16-8-13-28(38)21-41)45-35(23)29-18-25(36)14-15-30(29)39(34(35)44)20-24-9-7-12-27(17-24)40(22-42)26-10-5-4-6-11-26/h4-7,9-12,14-15,17-18,22-23,28,31,33,41H,8,13,16,19-21H2,1-3H3/t23-,28-,31+,33-,35+/m0/s1. The number of hydrogen-bond acceptors (Lipinski definition) is 5. The summed E-state index contributed by atoms with van der Waals surface area (Å²) in [6.45, 7) is 5.65. The van der Waals surface area contributed by atoms with Crippen LogP contribution in [-0.2, 0) is 31.3 Å². The molecule has 3 aromatic carbocycles. The summed E-state index contributed by atoms with van der Waals surface area (Å²) in [5, 5.41) is 10.2. The third kappa shape index (κ3) is 5.55. The van der Waals surface area contributed by atoms with Gasteiger partial charge in [-0.2, -0.15) is 0 Å². The first-order chi connectivity index (χ1) is 22.0. The molecule has 0 radical (unpaired) electrons. The Bertz CT molecular complexity index is 1640. The largest absolute Gasteiger partial charge is 0.394 e. The van der Waals surface area contributed by atoms with Gasteiger partial charge in [0, 0.05) is 40.0 Å². The van der Waals surface area contributed by atoms with Gasteiger partial charge in [-0.1, -0.05) is 48.9 Å². The molecule has 1 N–H and O–H groups in total. The number of likely N-dealkylation sites (tertiary alicyclic amines) is 1. The van der Waals surface area contributed by atoms with E-state index in [4.69, 9.17) is 16.3 Å². The molecule has 2 saturated heterocycles. The molecule has 3 aliphatic rings. The maximum atomic E-state index is 16.2. The van der Waals surface area contributed by atoms with E-state index in [9.17, 15) is 19.5 Å². The quantitative estimate of drug-likeness (QED) is 0.164. The number of carbonyl (C=O) groups is 3. The average Bonchev–Trinajstić information content (AvgIpc) is 3.69. The number of hydrogen-bond donors (Lipinski definition) is 1. The van der Waals surface area contributed by atoms with Crippen LogP contribution in [0.15, 0.2) is 72.8 Å². The number of nitrogens with zero attached hydrogens (tertiary/aromatic N) is 3. The van der Waals surface area contributed by atoms with Crippen molar-refractivity contribution in [2.24, 2.45) is 5.92 Å². The minimum Gasteiger partial charge on any atom is -0.394 e. The SMILES string of the molecule is C[C@H]1[C@H]([Si](C)(C)F)[C@@H](CC(=O)N2CCC[C@H]2CO)O[C@]12C(=O)N(Cc1cccc(N(C=O)c3ccccc3)c1)c1ccc(Cl)cc12. The lowest BCUT2D eigenvalue weighted by Crippen LogP contribution is -2.45. The Hall–Kier alpha value is -3.57. The Morgan fingerprint density at radius 3 is 2.57 bits per heavy atom. The second-order valence-electron chi connectivity index (χ2n) is 13.1. The maximum Gasteiger partial charge on any atom is 0.264 e. The van der Waals surface area contributed by atoms with E-state index in [1.165, 1.54) is 4.90 Å². The Balaban J connectivity index is 1.35. The molecule has 1 spiro atoms. The molecule has 6 rings (SSSR count). The molecule has 11 heteroatoms. The summed E-state index contributed by atoms with van der Waals surface area (Å²) in [6.07, 6.45) is 1.38. The summed E-state index contributed by atoms with van der Waals surface area (Å²) < 4.78 is 23.0. The fraction of sp³-hybridized carbons (Fsp3) is 0.400. The summed E-state index contributed by atoms with van der Waals surface area (Å²) in [5.41, 5.74) is 1.16. The Kier molecular flexibility index (Phi) is 8.84. The van der Waals surface area contributed by atoms with E-state index in [0.29, 0.717) is 34.2 Å². The Morgan fingerprint density at radius 1 is 1.13 bits per heavy atom. The van der Waals surface area contributed by atoms with Crippen LogP contribution in [0.3, 0.4) is 0 Å². The Morgan fingerprint density at radius 2 is 1.87 bits per heavy atom. The highest BCUT2D eigenvalue weighted by Crippen LogP contribution is 2.60. The molecule has 5 atom stereocenters. The molecule has 8 nitrogen and oxygen atoms in total. The molecular weight excluding hydrogens is 625 g/mol. The number of anilines is 3. The van der Waals surface area contributed by atoms with Crippen molar-refractivity contribution in [1.29, 1.82) is 0 Å². The molecule has 3 amide bonds. The van der Waals surface area contributed by atoms with Crippen LogP contribution in [0.5, 0.6) is 0 Å². The smallest absolute Gasteiger partial charge is 0.264 e. The summed E-state index contributed by atoms with van der Waals surface area (Å²) in [5.74, 6) is -1.10. The molecule has 2 fully saturated rings. The van der Waals surface area contributed by atoms with Gasteiger partial charge in [0.1, 0.15) is 0 Å². The highest BCUT2D eigenvalue weighted by atomic mass is 35.5. The van der Waals surface area contributed by atoms with Crippen LogP contribution in [0.4, 0.5) is 21.2 Å². The van der Waals surface area contributed by atoms with Crippen LogP contribution in [0.2, 0.25) is 23.7 Å². The molecule has 0 aromatic heterocycles. The van der Waals surface area contributed by atoms with Crippen LogP contribution >= 0.6 is 11.6 Å². The van der Waals surface area contributed by atoms with Crippen molar-refractivity contribution in [3.63, 3.8) is 0 Å². The van der Waals surface area contributed by atoms with Crippen molar-refractivity contribution in [1.82, 2.24) is 4.90 Å². The molecule has 0 unspecified atom stereocenters. The van der Waals surface area contributed by atoms with Gasteiger partial charge in [-0.3, -0.25) is 19.3 Å². The van der Waals surface area contributed by atoms with Gasteiger partial charge in [0.2, 0.25) is 20.7 Å². The highest BCUT2D eigenvalue weighted by Gasteiger charge is 2.67. The third-order valence-electron chi connectivity index (χ3n) is 9.88. The van der Waals surface area contributed by atoms with Gasteiger partial charge in [0.05, 0.1) is 37.4 Å². The molecule has 0 saturated carbocycles. The molecule has 3 aromatic rings. The van der Waals surface area contributed by atoms with Gasteiger partial charge in [0.15, 0.2) is 5.60 Å². The summed E-state index contributed by atoms with van der Waals surface area (Å²) in [6, 6.07) is 21.7. The van der Waals surface area contributed by atoms with Gasteiger partial charge >= 0.3 is 0 Å². The summed E-state index contributed by atoms with van der Waals surface area (Å²) in [4.78, 5) is 45.2. The van der Waals surface area contributed by atoms with Crippen molar-refractivity contribution in [3.05, 3.63) is 88.9 Å². The number of aliphatic hydroxyl groups excluding tert-OH is 1. The van der Waals surface area contributed by atoms with Crippen LogP contribution in [-0.4, -0.2) is 61.9 Å². The monoisotopic (exact) mass is 663 g/mol. The van der Waals surface area contributed by atoms with Crippen molar-refractivity contribution in [2.75, 3.05) is 23.0 Å². The van der Waals surface area contributed by atoms with Crippen LogP contribution < -0.4 is 9.80 Å². The number of halogens is 2. The maximum absolute atomic E-state index is 16.2. The predicted octanol–water partition coefficient (Wildman–Crippen LogP) is 6.33. The van der Waals surface area contributed by atoms with Crippen LogP contribution in [0, 0.1) is 5.92 Å². The lowest BCUT2D eigenvalue weighted by Gasteiger charge is -2.31. The minimum absolute atomic E-state index is 0.0696. The minimum atomic E-state index is -3.48. The number of amides is 3. The zero-order chi connectivity index (χ0) is 32.8. The van der Waals surface area contributed by atoms with E-state index in [1.807, 2.05) is 61.5 Å². The Labute approximate surface area is 274 Å². The predicted molar refractivity (Wildman–Crippen MR) is 178 cm³/mol. The first kappa shape index (κ1) is 32.4. The number of para-hydroxylation sites is 1. The van der Waals surface area contributed by atoms with E-state index in [-0.39, 0.29) is 37.4 Å². The topological polar surface area (TPSA) is 90.4 Å². The zero-order valence-electron chi connectivity index (χ0n) is 26.2. The van der Waals surface area contributed by atoms with Crippen molar-refractivity contribution in [2.45, 2.75) is 69.1 Å². The molecule has 0 bridgehead atoms. The van der Waals surface area contributed by atoms with Crippen LogP contribution in [0.25, 0.3) is 0 Å². The summed E-state index contributed by atoms with van der Waals surface area (Å²) in [7, 11) is -3.48. The van der Waals surface area contributed by atoms with E-state index in [1.54, 1.807) is 41.1 Å². The number of carbonyl (C=O) groups excluding carboxylic acids is 3. The van der Waals surface area contributed by atoms with E-state index in [2.05, 4.69) is 0 Å². The van der Waals surface area contributed by atoms with E-state index < -0.39 is 31.6 Å². The van der Waals surface area contributed by atoms with Gasteiger partial charge in [-0.05, 0) is 74.0 Å². The highest BCUT2D eigenvalue weighted by molar-refractivity contribution is 6.72. The molecule has 242 valence electrons. The van der Waals surface area contributed by atoms with E-state index >= 15 is 4.11 Å². The van der Waals surface area contributed by atoms with Gasteiger partial charge in [-0.15, -0.1) is 0 Å². The zero-order valence-corrected chi connectivity index (χ0v) is 28.0. The lowest BCUT2D eigenvalue weighted by molar-refractivity contribution is -0.150. The van der Waals surface area contributed by atoms with Gasteiger partial charge in [0.25, 0.3) is 5.91 Å². The van der Waals surface area contributed by atoms with Crippen molar-refractivity contribution < 1.29 is 28.3 Å². The van der Waals surface area contributed by atoms with Gasteiger partial charge in [-0.25, -0.2) is 0 Å². The van der Waals surface area contributed by atoms with Crippen molar-refractivity contribution in [3.8, 4) is 0 Å². The number of aliphatic hydroxyl groups is 1. The fourth-order valence-electron chi connectivity index (χ4n) is 7.87. The third-order valence-corrected chi connectivity index (χ3v) is 12.6. The number of benzene rings is 3. The van der Waals surface area contributed by atoms with Gasteiger partial charge < -0.3 is 23.8 Å². The molecular formula is C35H39ClFN3O5Si. The second kappa shape index (κ2) is 12.6. The lowest BCUT2D eigenvalue weighted by atomic mass is 9.82. The molecule has 3 aliphatic heterocycles. The number of ether oxygens (including phenoxy) is 1. The fourth-order valence-corrected chi connectivity index (χ4v) is 10.5. The average molecular weight is 664 g/mol. The van der Waals surface area contributed by atoms with Crippen LogP contribution in [0.1, 0.15) is 37.3 Å². The summed E-state index contributed by atoms with van der Waals surface area (Å²) >= 11 is 6.51. The second-order valence-corrected chi connectivity index (χ2v) is 17.3. The van der Waals surface area contributed by atoms with Crippen molar-refractivity contribution >= 4 is 55.3 Å². The molecule has 0 aliphatic carbocycles. The number of rotatable bonds is 9. The molecule has 3 heterocycles.